The van der Waals surface area contributed by atoms with Crippen LogP contribution in [0.5, 0.6) is 0 Å². The Morgan fingerprint density at radius 2 is 2.00 bits per heavy atom. The van der Waals surface area contributed by atoms with Crippen LogP contribution >= 0.6 is 0 Å². The largest absolute Gasteiger partial charge is 0.331 e. The summed E-state index contributed by atoms with van der Waals surface area (Å²) in [5, 5.41) is 3.34. The molecule has 2 aliphatic heterocycles. The Labute approximate surface area is 121 Å². The highest BCUT2D eigenvalue weighted by atomic mass is 16.2. The van der Waals surface area contributed by atoms with E-state index in [1.807, 2.05) is 0 Å². The SMILES string of the molecule is CN1C[C@@H]2CCC[C@@]3(C1)C(=O)NC1(CCCCC1)N=C23. The van der Waals surface area contributed by atoms with Gasteiger partial charge in [0.25, 0.3) is 0 Å². The normalized spacial score (nSPS) is 40.0. The van der Waals surface area contributed by atoms with Gasteiger partial charge in [-0.2, -0.15) is 0 Å². The lowest BCUT2D eigenvalue weighted by Gasteiger charge is -2.54. The number of nitrogens with one attached hydrogen (secondary N) is 1. The van der Waals surface area contributed by atoms with Crippen molar-refractivity contribution in [3.8, 4) is 0 Å². The molecule has 20 heavy (non-hydrogen) atoms. The number of carbonyl (C=O) groups is 1. The van der Waals surface area contributed by atoms with Crippen molar-refractivity contribution >= 4 is 11.6 Å². The fourth-order valence-electron chi connectivity index (χ4n) is 5.01. The first-order valence-corrected chi connectivity index (χ1v) is 8.25. The second kappa shape index (κ2) is 4.30. The monoisotopic (exact) mass is 275 g/mol. The van der Waals surface area contributed by atoms with Gasteiger partial charge in [0, 0.05) is 24.7 Å². The summed E-state index contributed by atoms with van der Waals surface area (Å²) in [7, 11) is 2.15. The van der Waals surface area contributed by atoms with E-state index in [1.165, 1.54) is 37.8 Å². The third-order valence-corrected chi connectivity index (χ3v) is 5.90. The maximum absolute atomic E-state index is 13.0. The van der Waals surface area contributed by atoms with E-state index in [9.17, 15) is 4.79 Å². The number of carbonyl (C=O) groups excluding carboxylic acids is 1. The average molecular weight is 275 g/mol. The van der Waals surface area contributed by atoms with Gasteiger partial charge in [-0.3, -0.25) is 9.79 Å². The van der Waals surface area contributed by atoms with Gasteiger partial charge in [0.1, 0.15) is 5.66 Å². The van der Waals surface area contributed by atoms with Crippen molar-refractivity contribution in [1.82, 2.24) is 10.2 Å². The number of hydrogen-bond acceptors (Lipinski definition) is 3. The first-order valence-electron chi connectivity index (χ1n) is 8.25. The van der Waals surface area contributed by atoms with Crippen molar-refractivity contribution in [2.24, 2.45) is 16.3 Å². The van der Waals surface area contributed by atoms with Crippen LogP contribution in [0.15, 0.2) is 4.99 Å². The Morgan fingerprint density at radius 1 is 1.20 bits per heavy atom. The van der Waals surface area contributed by atoms with E-state index in [2.05, 4.69) is 17.3 Å². The van der Waals surface area contributed by atoms with Crippen LogP contribution in [-0.4, -0.2) is 42.3 Å². The molecule has 3 fully saturated rings. The minimum Gasteiger partial charge on any atom is -0.331 e. The molecule has 4 aliphatic rings. The molecular formula is C16H25N3O. The van der Waals surface area contributed by atoms with E-state index in [0.29, 0.717) is 5.92 Å². The minimum atomic E-state index is -0.293. The van der Waals surface area contributed by atoms with Gasteiger partial charge in [-0.05, 0) is 45.6 Å². The third-order valence-electron chi connectivity index (χ3n) is 5.90. The van der Waals surface area contributed by atoms with Gasteiger partial charge in [-0.15, -0.1) is 0 Å². The Kier molecular flexibility index (Phi) is 2.75. The van der Waals surface area contributed by atoms with E-state index in [4.69, 9.17) is 4.99 Å². The van der Waals surface area contributed by atoms with Gasteiger partial charge >= 0.3 is 0 Å². The summed E-state index contributed by atoms with van der Waals surface area (Å²) < 4.78 is 0. The molecule has 2 atom stereocenters. The van der Waals surface area contributed by atoms with Gasteiger partial charge in [-0.25, -0.2) is 0 Å². The molecule has 2 aliphatic carbocycles. The molecule has 0 unspecified atom stereocenters. The van der Waals surface area contributed by atoms with Crippen molar-refractivity contribution in [2.45, 2.75) is 57.0 Å². The van der Waals surface area contributed by atoms with E-state index < -0.39 is 0 Å². The quantitative estimate of drug-likeness (QED) is 0.734. The summed E-state index contributed by atoms with van der Waals surface area (Å²) in [4.78, 5) is 20.5. The van der Waals surface area contributed by atoms with Crippen molar-refractivity contribution in [3.63, 3.8) is 0 Å². The molecule has 0 aromatic carbocycles. The second-order valence-electron chi connectivity index (χ2n) is 7.41. The Balaban J connectivity index is 1.78. The van der Waals surface area contributed by atoms with E-state index in [-0.39, 0.29) is 17.0 Å². The predicted molar refractivity (Wildman–Crippen MR) is 78.7 cm³/mol. The minimum absolute atomic E-state index is 0.236. The number of nitrogens with zero attached hydrogens (tertiary/aromatic N) is 2. The molecule has 2 saturated carbocycles. The fourth-order valence-corrected chi connectivity index (χ4v) is 5.01. The summed E-state index contributed by atoms with van der Waals surface area (Å²) >= 11 is 0. The summed E-state index contributed by atoms with van der Waals surface area (Å²) in [5.74, 6) is 0.799. The fraction of sp³-hybridized carbons (Fsp3) is 0.875. The van der Waals surface area contributed by atoms with Crippen LogP contribution in [0.25, 0.3) is 0 Å². The number of rotatable bonds is 0. The zero-order chi connectivity index (χ0) is 13.8. The number of piperidine rings is 1. The maximum Gasteiger partial charge on any atom is 0.235 e. The van der Waals surface area contributed by atoms with Gasteiger partial charge < -0.3 is 10.2 Å². The van der Waals surface area contributed by atoms with Crippen LogP contribution in [0.1, 0.15) is 51.4 Å². The lowest BCUT2D eigenvalue weighted by Crippen LogP contribution is -2.68. The number of hydrogen-bond donors (Lipinski definition) is 1. The molecule has 2 heterocycles. The van der Waals surface area contributed by atoms with Crippen molar-refractivity contribution in [2.75, 3.05) is 20.1 Å². The van der Waals surface area contributed by atoms with Crippen LogP contribution in [-0.2, 0) is 4.79 Å². The highest BCUT2D eigenvalue weighted by Gasteiger charge is 2.56. The molecule has 0 aromatic heterocycles. The highest BCUT2D eigenvalue weighted by molar-refractivity contribution is 6.12. The smallest absolute Gasteiger partial charge is 0.235 e. The van der Waals surface area contributed by atoms with Crippen molar-refractivity contribution in [1.29, 1.82) is 0 Å². The maximum atomic E-state index is 13.0. The number of likely N-dealkylation sites (tertiary alicyclic amines) is 1. The summed E-state index contributed by atoms with van der Waals surface area (Å²) in [6, 6.07) is 0. The predicted octanol–water partition coefficient (Wildman–Crippen LogP) is 1.95. The van der Waals surface area contributed by atoms with Gasteiger partial charge in [0.05, 0.1) is 5.41 Å². The summed E-state index contributed by atoms with van der Waals surface area (Å²) in [5.41, 5.74) is 0.741. The van der Waals surface area contributed by atoms with Crippen LogP contribution < -0.4 is 5.32 Å². The zero-order valence-corrected chi connectivity index (χ0v) is 12.5. The molecule has 2 bridgehead atoms. The standard InChI is InChI=1S/C16H25N3O/c1-19-10-12-6-5-7-15(11-19)13(12)17-16(18-14(15)20)8-3-2-4-9-16/h12H,2-11H2,1H3,(H,18,20)/t12-,15-/m0/s1. The second-order valence-corrected chi connectivity index (χ2v) is 7.41. The lowest BCUT2D eigenvalue weighted by atomic mass is 9.62. The molecule has 1 spiro atoms. The van der Waals surface area contributed by atoms with E-state index in [1.54, 1.807) is 0 Å². The van der Waals surface area contributed by atoms with Crippen LogP contribution in [0.3, 0.4) is 0 Å². The molecule has 1 saturated heterocycles. The first kappa shape index (κ1) is 12.8. The molecule has 4 nitrogen and oxygen atoms in total. The number of aliphatic imine (C=N–C) groups is 1. The van der Waals surface area contributed by atoms with Crippen LogP contribution in [0, 0.1) is 11.3 Å². The van der Waals surface area contributed by atoms with Gasteiger partial charge in [-0.1, -0.05) is 12.8 Å². The zero-order valence-electron chi connectivity index (χ0n) is 12.5. The highest BCUT2D eigenvalue weighted by Crippen LogP contribution is 2.46. The Morgan fingerprint density at radius 3 is 2.80 bits per heavy atom. The molecule has 110 valence electrons. The Bertz CT molecular complexity index is 466. The van der Waals surface area contributed by atoms with E-state index >= 15 is 0 Å². The summed E-state index contributed by atoms with van der Waals surface area (Å²) in [6.07, 6.45) is 9.17. The topological polar surface area (TPSA) is 44.7 Å². The number of amides is 1. The molecule has 0 radical (unpaired) electrons. The molecule has 4 rings (SSSR count). The summed E-state index contributed by atoms with van der Waals surface area (Å²) in [6.45, 7) is 1.95. The van der Waals surface area contributed by atoms with Gasteiger partial charge in [0.2, 0.25) is 5.91 Å². The van der Waals surface area contributed by atoms with Crippen molar-refractivity contribution in [3.05, 3.63) is 0 Å². The van der Waals surface area contributed by atoms with Gasteiger partial charge in [0.15, 0.2) is 0 Å². The molecular weight excluding hydrogens is 250 g/mol. The van der Waals surface area contributed by atoms with Crippen LogP contribution in [0.4, 0.5) is 0 Å². The van der Waals surface area contributed by atoms with Crippen LogP contribution in [0.2, 0.25) is 0 Å². The van der Waals surface area contributed by atoms with Crippen molar-refractivity contribution < 1.29 is 4.79 Å². The Hall–Kier alpha value is -0.900. The first-order chi connectivity index (χ1) is 9.64. The average Bonchev–Trinajstić information content (AvgIpc) is 2.40. The molecule has 0 aromatic rings. The molecule has 1 amide bonds. The third kappa shape index (κ3) is 1.70. The van der Waals surface area contributed by atoms with E-state index in [0.717, 1.165) is 32.4 Å². The molecule has 1 N–H and O–H groups in total. The lowest BCUT2D eigenvalue weighted by molar-refractivity contribution is -0.134. The molecule has 4 heteroatoms.